The van der Waals surface area contributed by atoms with Crippen molar-refractivity contribution < 1.29 is 14.3 Å². The summed E-state index contributed by atoms with van der Waals surface area (Å²) < 4.78 is 12.4. The molecule has 1 amide bonds. The van der Waals surface area contributed by atoms with Crippen molar-refractivity contribution >= 4 is 17.5 Å². The number of para-hydroxylation sites is 1. The monoisotopic (exact) mass is 385 g/mol. The number of amides is 1. The molecule has 3 aromatic rings. The predicted octanol–water partition coefficient (Wildman–Crippen LogP) is 3.78. The minimum absolute atomic E-state index is 0.217. The number of ether oxygens (including phenoxy) is 2. The van der Waals surface area contributed by atoms with E-state index in [0.717, 1.165) is 16.9 Å². The van der Waals surface area contributed by atoms with Gasteiger partial charge in [0.2, 0.25) is 0 Å². The molecule has 0 bridgehead atoms. The maximum Gasteiger partial charge on any atom is 0.255 e. The highest BCUT2D eigenvalue weighted by Gasteiger charge is 2.16. The van der Waals surface area contributed by atoms with Crippen LogP contribution in [0.25, 0.3) is 5.69 Å². The molecule has 140 valence electrons. The van der Waals surface area contributed by atoms with E-state index >= 15 is 0 Å². The summed E-state index contributed by atoms with van der Waals surface area (Å²) in [5.74, 6) is 1.01. The maximum atomic E-state index is 12.6. The van der Waals surface area contributed by atoms with Gasteiger partial charge in [-0.1, -0.05) is 29.8 Å². The second kappa shape index (κ2) is 8.14. The zero-order chi connectivity index (χ0) is 19.4. The average molecular weight is 386 g/mol. The van der Waals surface area contributed by atoms with E-state index in [1.54, 1.807) is 37.2 Å². The number of hydrogen-bond donors (Lipinski definition) is 1. The Morgan fingerprint density at radius 3 is 2.67 bits per heavy atom. The highest BCUT2D eigenvalue weighted by Crippen LogP contribution is 2.30. The molecule has 0 saturated heterocycles. The molecule has 0 aliphatic rings. The Bertz CT molecular complexity index is 969. The normalized spacial score (nSPS) is 10.5. The number of carbonyl (C=O) groups excluding carboxylic acids is 1. The van der Waals surface area contributed by atoms with Crippen LogP contribution in [0.5, 0.6) is 11.5 Å². The number of carbonyl (C=O) groups is 1. The average Bonchev–Trinajstić information content (AvgIpc) is 3.07. The molecule has 0 saturated carbocycles. The quantitative estimate of drug-likeness (QED) is 0.701. The van der Waals surface area contributed by atoms with Gasteiger partial charge in [0.1, 0.15) is 0 Å². The third kappa shape index (κ3) is 3.90. The van der Waals surface area contributed by atoms with Crippen LogP contribution in [0.1, 0.15) is 21.6 Å². The van der Waals surface area contributed by atoms with Gasteiger partial charge in [0.15, 0.2) is 11.5 Å². The lowest BCUT2D eigenvalue weighted by molar-refractivity contribution is 0.0950. The summed E-state index contributed by atoms with van der Waals surface area (Å²) in [6.07, 6.45) is 1.55. The first-order valence-electron chi connectivity index (χ1n) is 8.33. The van der Waals surface area contributed by atoms with Gasteiger partial charge in [-0.2, -0.15) is 5.10 Å². The zero-order valence-electron chi connectivity index (χ0n) is 15.3. The molecule has 0 aliphatic carbocycles. The van der Waals surface area contributed by atoms with Gasteiger partial charge in [-0.15, -0.1) is 0 Å². The number of aromatic nitrogens is 2. The van der Waals surface area contributed by atoms with E-state index in [2.05, 4.69) is 10.4 Å². The largest absolute Gasteiger partial charge is 0.493 e. The van der Waals surface area contributed by atoms with Crippen molar-refractivity contribution in [3.63, 3.8) is 0 Å². The van der Waals surface area contributed by atoms with Crippen LogP contribution in [0.15, 0.2) is 48.7 Å². The minimum atomic E-state index is -0.217. The molecule has 7 heteroatoms. The van der Waals surface area contributed by atoms with Gasteiger partial charge in [0.25, 0.3) is 5.91 Å². The molecule has 1 aromatic heterocycles. The molecule has 0 atom stereocenters. The Morgan fingerprint density at radius 1 is 1.19 bits per heavy atom. The topological polar surface area (TPSA) is 65.4 Å². The van der Waals surface area contributed by atoms with Gasteiger partial charge >= 0.3 is 0 Å². The van der Waals surface area contributed by atoms with E-state index in [-0.39, 0.29) is 5.91 Å². The van der Waals surface area contributed by atoms with Crippen molar-refractivity contribution in [2.45, 2.75) is 13.5 Å². The third-order valence-electron chi connectivity index (χ3n) is 4.23. The molecule has 0 aliphatic heterocycles. The van der Waals surface area contributed by atoms with Crippen LogP contribution >= 0.6 is 11.6 Å². The lowest BCUT2D eigenvalue weighted by Crippen LogP contribution is -2.23. The first-order valence-corrected chi connectivity index (χ1v) is 8.71. The van der Waals surface area contributed by atoms with Crippen molar-refractivity contribution in [2.24, 2.45) is 0 Å². The van der Waals surface area contributed by atoms with E-state index in [9.17, 15) is 4.79 Å². The van der Waals surface area contributed by atoms with Gasteiger partial charge in [0.05, 0.1) is 37.4 Å². The van der Waals surface area contributed by atoms with E-state index < -0.39 is 0 Å². The molecule has 1 heterocycles. The van der Waals surface area contributed by atoms with Gasteiger partial charge in [-0.3, -0.25) is 4.79 Å². The highest BCUT2D eigenvalue weighted by molar-refractivity contribution is 6.30. The fraction of sp³-hybridized carbons (Fsp3) is 0.200. The molecule has 2 aromatic carbocycles. The molecule has 27 heavy (non-hydrogen) atoms. The number of benzene rings is 2. The van der Waals surface area contributed by atoms with Gasteiger partial charge in [0, 0.05) is 17.1 Å². The summed E-state index contributed by atoms with van der Waals surface area (Å²) in [7, 11) is 3.15. The molecule has 0 fully saturated rings. The number of hydrogen-bond acceptors (Lipinski definition) is 4. The fourth-order valence-electron chi connectivity index (χ4n) is 2.86. The number of halogens is 1. The first kappa shape index (κ1) is 18.8. The van der Waals surface area contributed by atoms with Gasteiger partial charge < -0.3 is 14.8 Å². The zero-order valence-corrected chi connectivity index (χ0v) is 16.1. The molecule has 6 nitrogen and oxygen atoms in total. The van der Waals surface area contributed by atoms with Crippen molar-refractivity contribution in [1.82, 2.24) is 15.1 Å². The maximum absolute atomic E-state index is 12.6. The number of nitrogens with one attached hydrogen (secondary N) is 1. The number of methoxy groups -OCH3 is 2. The Labute approximate surface area is 162 Å². The Balaban J connectivity index is 1.78. The number of rotatable bonds is 6. The second-order valence-corrected chi connectivity index (χ2v) is 6.31. The third-order valence-corrected chi connectivity index (χ3v) is 4.47. The summed E-state index contributed by atoms with van der Waals surface area (Å²) >= 11 is 6.04. The Hall–Kier alpha value is -2.99. The molecular weight excluding hydrogens is 366 g/mol. The van der Waals surface area contributed by atoms with Crippen molar-refractivity contribution in [3.05, 3.63) is 70.5 Å². The van der Waals surface area contributed by atoms with E-state index in [0.29, 0.717) is 28.6 Å². The molecule has 3 rings (SSSR count). The van der Waals surface area contributed by atoms with Gasteiger partial charge in [-0.25, -0.2) is 4.68 Å². The molecule has 0 unspecified atom stereocenters. The molecular formula is C20H20ClN3O3. The lowest BCUT2D eigenvalue weighted by atomic mass is 10.1. The SMILES string of the molecule is COc1cccc(CNC(=O)c2cnn(-c3cccc(Cl)c3)c2C)c1OC. The second-order valence-electron chi connectivity index (χ2n) is 5.87. The highest BCUT2D eigenvalue weighted by atomic mass is 35.5. The Kier molecular flexibility index (Phi) is 5.66. The van der Waals surface area contributed by atoms with Crippen molar-refractivity contribution in [3.8, 4) is 17.2 Å². The minimum Gasteiger partial charge on any atom is -0.493 e. The summed E-state index contributed by atoms with van der Waals surface area (Å²) in [6, 6.07) is 12.9. The Morgan fingerprint density at radius 2 is 1.96 bits per heavy atom. The standard InChI is InChI=1S/C20H20ClN3O3/c1-13-17(12-23-24(13)16-8-5-7-15(21)10-16)20(25)22-11-14-6-4-9-18(26-2)19(14)27-3/h4-10,12H,11H2,1-3H3,(H,22,25). The summed E-state index contributed by atoms with van der Waals surface area (Å²) in [6.45, 7) is 2.15. The van der Waals surface area contributed by atoms with Crippen LogP contribution in [-0.4, -0.2) is 29.9 Å². The summed E-state index contributed by atoms with van der Waals surface area (Å²) in [4.78, 5) is 12.6. The van der Waals surface area contributed by atoms with E-state index in [1.807, 2.05) is 37.3 Å². The van der Waals surface area contributed by atoms with Crippen LogP contribution in [0.4, 0.5) is 0 Å². The van der Waals surface area contributed by atoms with Crippen LogP contribution < -0.4 is 14.8 Å². The predicted molar refractivity (Wildman–Crippen MR) is 104 cm³/mol. The molecule has 0 radical (unpaired) electrons. The van der Waals surface area contributed by atoms with Crippen LogP contribution in [0.2, 0.25) is 5.02 Å². The first-order chi connectivity index (χ1) is 13.0. The summed E-state index contributed by atoms with van der Waals surface area (Å²) in [5.41, 5.74) is 2.85. The van der Waals surface area contributed by atoms with Crippen molar-refractivity contribution in [1.29, 1.82) is 0 Å². The van der Waals surface area contributed by atoms with Gasteiger partial charge in [-0.05, 0) is 31.2 Å². The molecule has 1 N–H and O–H groups in total. The van der Waals surface area contributed by atoms with E-state index in [4.69, 9.17) is 21.1 Å². The smallest absolute Gasteiger partial charge is 0.255 e. The van der Waals surface area contributed by atoms with Crippen LogP contribution in [0, 0.1) is 6.92 Å². The fourth-order valence-corrected chi connectivity index (χ4v) is 3.05. The summed E-state index contributed by atoms with van der Waals surface area (Å²) in [5, 5.41) is 7.83. The van der Waals surface area contributed by atoms with Crippen molar-refractivity contribution in [2.75, 3.05) is 14.2 Å². The molecule has 0 spiro atoms. The lowest BCUT2D eigenvalue weighted by Gasteiger charge is -2.13. The van der Waals surface area contributed by atoms with E-state index in [1.165, 1.54) is 0 Å². The van der Waals surface area contributed by atoms with Crippen LogP contribution in [0.3, 0.4) is 0 Å². The van der Waals surface area contributed by atoms with Crippen LogP contribution in [-0.2, 0) is 6.54 Å². The number of nitrogens with zero attached hydrogens (tertiary/aromatic N) is 2.